The maximum Gasteiger partial charge on any atom is 0.278 e. The van der Waals surface area contributed by atoms with Crippen LogP contribution in [0.3, 0.4) is 0 Å². The molecule has 0 saturated heterocycles. The Balaban J connectivity index is 1.74. The molecule has 3 rings (SSSR count). The van der Waals surface area contributed by atoms with Gasteiger partial charge in [-0.05, 0) is 51.5 Å². The van der Waals surface area contributed by atoms with Crippen molar-refractivity contribution in [2.24, 2.45) is 0 Å². The first-order valence-corrected chi connectivity index (χ1v) is 11.0. The molecular formula is C22H28N4O4S. The average molecular weight is 445 g/mol. The van der Waals surface area contributed by atoms with Crippen LogP contribution in [0.15, 0.2) is 34.2 Å². The molecule has 2 aromatic heterocycles. The number of nitrogens with zero attached hydrogens (tertiary/aromatic N) is 2. The summed E-state index contributed by atoms with van der Waals surface area (Å²) in [5, 5.41) is 3.51. The lowest BCUT2D eigenvalue weighted by molar-refractivity contribution is -0.119. The van der Waals surface area contributed by atoms with Crippen LogP contribution in [0.1, 0.15) is 44.1 Å². The number of amides is 1. The number of ether oxygens (including phenoxy) is 2. The number of thioether (sulfide) groups is 1. The number of aromatic nitrogens is 3. The van der Waals surface area contributed by atoms with Crippen molar-refractivity contribution in [2.45, 2.75) is 44.9 Å². The van der Waals surface area contributed by atoms with E-state index in [1.54, 1.807) is 18.8 Å². The molecule has 1 amide bonds. The van der Waals surface area contributed by atoms with Gasteiger partial charge in [0.15, 0.2) is 16.7 Å². The second-order valence-corrected chi connectivity index (χ2v) is 8.51. The number of rotatable bonds is 8. The van der Waals surface area contributed by atoms with Gasteiger partial charge in [-0.1, -0.05) is 17.8 Å². The van der Waals surface area contributed by atoms with E-state index in [1.807, 2.05) is 52.0 Å². The molecule has 2 heterocycles. The first-order valence-electron chi connectivity index (χ1n) is 10.0. The Morgan fingerprint density at radius 1 is 1.19 bits per heavy atom. The fraction of sp³-hybridized carbons (Fsp3) is 0.409. The number of fused-ring (bicyclic) bond motifs is 1. The Bertz CT molecular complexity index is 1150. The summed E-state index contributed by atoms with van der Waals surface area (Å²) in [5.41, 5.74) is 2.74. The van der Waals surface area contributed by atoms with Crippen LogP contribution in [0.4, 0.5) is 0 Å². The smallest absolute Gasteiger partial charge is 0.278 e. The molecule has 3 aromatic rings. The van der Waals surface area contributed by atoms with Crippen molar-refractivity contribution >= 4 is 28.7 Å². The van der Waals surface area contributed by atoms with Gasteiger partial charge >= 0.3 is 0 Å². The molecule has 1 atom stereocenters. The first-order chi connectivity index (χ1) is 14.7. The standard InChI is InChI=1S/C22H28N4O4S/c1-12(2)26-21(28)20-16(9-13(3)23-20)25-22(26)31-11-19(27)24-14(4)15-7-8-17(29-5)18(10-15)30-6/h7-10,12,14,23H,11H2,1-6H3,(H,24,27)/t14-/m0/s1. The Hall–Kier alpha value is -2.94. The fourth-order valence-electron chi connectivity index (χ4n) is 3.37. The lowest BCUT2D eigenvalue weighted by Gasteiger charge is -2.17. The van der Waals surface area contributed by atoms with E-state index in [4.69, 9.17) is 9.47 Å². The van der Waals surface area contributed by atoms with Crippen molar-refractivity contribution in [3.8, 4) is 11.5 Å². The topological polar surface area (TPSA) is 98.2 Å². The molecule has 0 spiro atoms. The van der Waals surface area contributed by atoms with Crippen molar-refractivity contribution < 1.29 is 14.3 Å². The summed E-state index contributed by atoms with van der Waals surface area (Å²) in [6.07, 6.45) is 0. The molecule has 0 fully saturated rings. The predicted octanol–water partition coefficient (Wildman–Crippen LogP) is 3.60. The highest BCUT2D eigenvalue weighted by molar-refractivity contribution is 7.99. The van der Waals surface area contributed by atoms with Gasteiger partial charge in [-0.3, -0.25) is 14.2 Å². The minimum atomic E-state index is -0.219. The van der Waals surface area contributed by atoms with Crippen LogP contribution in [0, 0.1) is 6.92 Å². The van der Waals surface area contributed by atoms with Crippen LogP contribution >= 0.6 is 11.8 Å². The molecule has 9 heteroatoms. The van der Waals surface area contributed by atoms with E-state index in [-0.39, 0.29) is 29.3 Å². The van der Waals surface area contributed by atoms with E-state index < -0.39 is 0 Å². The third-order valence-corrected chi connectivity index (χ3v) is 5.87. The second-order valence-electron chi connectivity index (χ2n) is 7.57. The van der Waals surface area contributed by atoms with Crippen LogP contribution in [-0.4, -0.2) is 40.4 Å². The van der Waals surface area contributed by atoms with Gasteiger partial charge in [-0.25, -0.2) is 4.98 Å². The van der Waals surface area contributed by atoms with Crippen LogP contribution in [-0.2, 0) is 4.79 Å². The van der Waals surface area contributed by atoms with E-state index in [1.165, 1.54) is 11.8 Å². The largest absolute Gasteiger partial charge is 0.493 e. The quantitative estimate of drug-likeness (QED) is 0.407. The molecule has 1 aromatic carbocycles. The molecule has 2 N–H and O–H groups in total. The van der Waals surface area contributed by atoms with Crippen molar-refractivity contribution in [3.63, 3.8) is 0 Å². The monoisotopic (exact) mass is 444 g/mol. The van der Waals surface area contributed by atoms with Crippen LogP contribution in [0.25, 0.3) is 11.0 Å². The second kappa shape index (κ2) is 9.47. The zero-order valence-electron chi connectivity index (χ0n) is 18.6. The van der Waals surface area contributed by atoms with Crippen LogP contribution < -0.4 is 20.3 Å². The number of methoxy groups -OCH3 is 2. The first kappa shape index (κ1) is 22.7. The molecule has 0 radical (unpaired) electrons. The number of H-pyrrole nitrogens is 1. The SMILES string of the molecule is COc1ccc([C@H](C)NC(=O)CSc2nc3cc(C)[nH]c3c(=O)n2C(C)C)cc1OC. The van der Waals surface area contributed by atoms with E-state index in [0.717, 1.165) is 11.3 Å². The van der Waals surface area contributed by atoms with Gasteiger partial charge in [0, 0.05) is 11.7 Å². The highest BCUT2D eigenvalue weighted by Gasteiger charge is 2.18. The fourth-order valence-corrected chi connectivity index (χ4v) is 4.31. The molecular weight excluding hydrogens is 416 g/mol. The van der Waals surface area contributed by atoms with E-state index in [9.17, 15) is 9.59 Å². The van der Waals surface area contributed by atoms with Gasteiger partial charge in [0.1, 0.15) is 5.52 Å². The normalized spacial score (nSPS) is 12.2. The number of aryl methyl sites for hydroxylation is 1. The van der Waals surface area contributed by atoms with Gasteiger partial charge < -0.3 is 19.8 Å². The number of carbonyl (C=O) groups is 1. The number of benzene rings is 1. The molecule has 0 unspecified atom stereocenters. The molecule has 0 aliphatic rings. The third kappa shape index (κ3) is 4.87. The summed E-state index contributed by atoms with van der Waals surface area (Å²) in [6.45, 7) is 7.64. The molecule has 0 aliphatic carbocycles. The van der Waals surface area contributed by atoms with Gasteiger partial charge in [0.2, 0.25) is 5.91 Å². The molecule has 0 saturated carbocycles. The van der Waals surface area contributed by atoms with Crippen molar-refractivity contribution in [3.05, 3.63) is 45.9 Å². The Kier molecular flexibility index (Phi) is 6.94. The average Bonchev–Trinajstić information content (AvgIpc) is 3.11. The summed E-state index contributed by atoms with van der Waals surface area (Å²) in [6, 6.07) is 7.08. The summed E-state index contributed by atoms with van der Waals surface area (Å²) in [4.78, 5) is 33.2. The molecule has 166 valence electrons. The van der Waals surface area contributed by atoms with Crippen molar-refractivity contribution in [2.75, 3.05) is 20.0 Å². The van der Waals surface area contributed by atoms with E-state index in [2.05, 4.69) is 15.3 Å². The minimum absolute atomic E-state index is 0.0794. The highest BCUT2D eigenvalue weighted by Crippen LogP contribution is 2.30. The molecule has 31 heavy (non-hydrogen) atoms. The number of carbonyl (C=O) groups excluding carboxylic acids is 1. The zero-order chi connectivity index (χ0) is 22.7. The lowest BCUT2D eigenvalue weighted by Crippen LogP contribution is -2.29. The lowest BCUT2D eigenvalue weighted by atomic mass is 10.1. The zero-order valence-corrected chi connectivity index (χ0v) is 19.4. The van der Waals surface area contributed by atoms with Gasteiger partial charge in [-0.2, -0.15) is 0 Å². The van der Waals surface area contributed by atoms with Crippen LogP contribution in [0.2, 0.25) is 0 Å². The summed E-state index contributed by atoms with van der Waals surface area (Å²) < 4.78 is 12.2. The number of hydrogen-bond donors (Lipinski definition) is 2. The minimum Gasteiger partial charge on any atom is -0.493 e. The molecule has 0 aliphatic heterocycles. The van der Waals surface area contributed by atoms with Crippen molar-refractivity contribution in [1.29, 1.82) is 0 Å². The molecule has 8 nitrogen and oxygen atoms in total. The Labute approximate surface area is 185 Å². The highest BCUT2D eigenvalue weighted by atomic mass is 32.2. The Morgan fingerprint density at radius 3 is 2.55 bits per heavy atom. The summed E-state index contributed by atoms with van der Waals surface area (Å²) in [7, 11) is 3.16. The van der Waals surface area contributed by atoms with Gasteiger partial charge in [0.05, 0.1) is 31.5 Å². The third-order valence-electron chi connectivity index (χ3n) is 4.92. The summed E-state index contributed by atoms with van der Waals surface area (Å²) >= 11 is 1.25. The maximum atomic E-state index is 12.9. The van der Waals surface area contributed by atoms with E-state index in [0.29, 0.717) is 27.7 Å². The summed E-state index contributed by atoms with van der Waals surface area (Å²) in [5.74, 6) is 1.23. The predicted molar refractivity (Wildman–Crippen MR) is 122 cm³/mol. The van der Waals surface area contributed by atoms with Crippen LogP contribution in [0.5, 0.6) is 11.5 Å². The van der Waals surface area contributed by atoms with E-state index >= 15 is 0 Å². The molecule has 0 bridgehead atoms. The van der Waals surface area contributed by atoms with Gasteiger partial charge in [-0.15, -0.1) is 0 Å². The van der Waals surface area contributed by atoms with Gasteiger partial charge in [0.25, 0.3) is 5.56 Å². The maximum absolute atomic E-state index is 12.9. The number of hydrogen-bond acceptors (Lipinski definition) is 6. The Morgan fingerprint density at radius 2 is 1.90 bits per heavy atom. The van der Waals surface area contributed by atoms with Crippen molar-refractivity contribution in [1.82, 2.24) is 19.9 Å². The number of nitrogens with one attached hydrogen (secondary N) is 2. The number of aromatic amines is 1.